The molecule has 0 saturated heterocycles. The van der Waals surface area contributed by atoms with Crippen LogP contribution in [0.4, 0.5) is 4.79 Å². The second-order valence-corrected chi connectivity index (χ2v) is 12.1. The molecule has 0 aliphatic heterocycles. The summed E-state index contributed by atoms with van der Waals surface area (Å²) in [6.07, 6.45) is 6.30. The molecule has 0 radical (unpaired) electrons. The van der Waals surface area contributed by atoms with Gasteiger partial charge in [-0.15, -0.1) is 0 Å². The molecule has 2 aromatic rings. The molecule has 3 N–H and O–H groups in total. The van der Waals surface area contributed by atoms with Crippen molar-refractivity contribution in [3.63, 3.8) is 0 Å². The van der Waals surface area contributed by atoms with Crippen LogP contribution in [0.2, 0.25) is 0 Å². The lowest BCUT2D eigenvalue weighted by Gasteiger charge is -2.36. The Morgan fingerprint density at radius 3 is 2.23 bits per heavy atom. The van der Waals surface area contributed by atoms with E-state index in [1.165, 1.54) is 6.42 Å². The number of aryl methyl sites for hydroxylation is 1. The number of carbonyl (C=O) groups is 3. The average Bonchev–Trinajstić information content (AvgIpc) is 3.73. The minimum Gasteiger partial charge on any atom is -0.508 e. The van der Waals surface area contributed by atoms with E-state index in [4.69, 9.17) is 4.74 Å². The molecule has 2 saturated carbocycles. The standard InChI is InChI=1S/C32H43N3O5/c1-21-10-8-9-13-26(21)28(29(37)33-23-11-6-5-7-12-23)35(24-16-17-24)30(38)27(34-31(39)40-32(2,3)4)20-22-14-18-25(36)19-15-22/h8-10,13-15,18-19,23-24,27-28,36H,5-7,11-12,16-17,20H2,1-4H3,(H,33,37)(H,34,39). The summed E-state index contributed by atoms with van der Waals surface area (Å²) in [4.78, 5) is 43.1. The molecule has 8 nitrogen and oxygen atoms in total. The van der Waals surface area contributed by atoms with Crippen LogP contribution < -0.4 is 10.6 Å². The maximum Gasteiger partial charge on any atom is 0.408 e. The highest BCUT2D eigenvalue weighted by Gasteiger charge is 2.44. The van der Waals surface area contributed by atoms with Gasteiger partial charge in [0, 0.05) is 18.5 Å². The summed E-state index contributed by atoms with van der Waals surface area (Å²) in [5.74, 6) is -0.388. The Morgan fingerprint density at radius 2 is 1.62 bits per heavy atom. The number of amides is 3. The molecule has 2 atom stereocenters. The lowest BCUT2D eigenvalue weighted by atomic mass is 9.93. The number of carbonyl (C=O) groups excluding carboxylic acids is 3. The molecule has 2 fully saturated rings. The molecule has 2 aliphatic rings. The first-order valence-corrected chi connectivity index (χ1v) is 14.5. The van der Waals surface area contributed by atoms with E-state index in [1.807, 2.05) is 31.2 Å². The lowest BCUT2D eigenvalue weighted by Crippen LogP contribution is -2.55. The quantitative estimate of drug-likeness (QED) is 0.393. The summed E-state index contributed by atoms with van der Waals surface area (Å²) < 4.78 is 5.50. The molecule has 216 valence electrons. The lowest BCUT2D eigenvalue weighted by molar-refractivity contribution is -0.143. The first-order valence-electron chi connectivity index (χ1n) is 14.5. The number of phenols is 1. The normalized spacial score (nSPS) is 17.4. The summed E-state index contributed by atoms with van der Waals surface area (Å²) >= 11 is 0. The average molecular weight is 550 g/mol. The maximum atomic E-state index is 14.4. The van der Waals surface area contributed by atoms with Crippen LogP contribution in [0.3, 0.4) is 0 Å². The second-order valence-electron chi connectivity index (χ2n) is 12.1. The number of hydrogen-bond donors (Lipinski definition) is 3. The third-order valence-electron chi connectivity index (χ3n) is 7.52. The van der Waals surface area contributed by atoms with Crippen molar-refractivity contribution in [2.24, 2.45) is 0 Å². The molecule has 4 rings (SSSR count). The predicted molar refractivity (Wildman–Crippen MR) is 154 cm³/mol. The highest BCUT2D eigenvalue weighted by molar-refractivity contribution is 5.93. The Labute approximate surface area is 237 Å². The summed E-state index contributed by atoms with van der Waals surface area (Å²) in [6, 6.07) is 12.5. The molecular formula is C32H43N3O5. The summed E-state index contributed by atoms with van der Waals surface area (Å²) in [5, 5.41) is 15.8. The highest BCUT2D eigenvalue weighted by Crippen LogP contribution is 2.37. The molecular weight excluding hydrogens is 506 g/mol. The molecule has 0 bridgehead atoms. The number of phenolic OH excluding ortho intramolecular Hbond substituents is 1. The van der Waals surface area contributed by atoms with Crippen LogP contribution in [0.5, 0.6) is 5.75 Å². The molecule has 3 amide bonds. The fourth-order valence-electron chi connectivity index (χ4n) is 5.41. The van der Waals surface area contributed by atoms with Crippen molar-refractivity contribution in [3.05, 3.63) is 65.2 Å². The van der Waals surface area contributed by atoms with E-state index in [0.29, 0.717) is 0 Å². The van der Waals surface area contributed by atoms with Crippen molar-refractivity contribution in [2.75, 3.05) is 0 Å². The first-order chi connectivity index (χ1) is 19.0. The number of benzene rings is 2. The number of alkyl carbamates (subject to hydrolysis) is 1. The van der Waals surface area contributed by atoms with Crippen LogP contribution in [-0.2, 0) is 20.7 Å². The first kappa shape index (κ1) is 29.4. The summed E-state index contributed by atoms with van der Waals surface area (Å²) in [6.45, 7) is 7.26. The number of aromatic hydroxyl groups is 1. The van der Waals surface area contributed by atoms with Crippen LogP contribution in [0.1, 0.15) is 88.4 Å². The van der Waals surface area contributed by atoms with E-state index in [1.54, 1.807) is 49.9 Å². The van der Waals surface area contributed by atoms with Gasteiger partial charge in [-0.2, -0.15) is 0 Å². The molecule has 0 spiro atoms. The molecule has 8 heteroatoms. The van der Waals surface area contributed by atoms with E-state index < -0.39 is 23.8 Å². The number of hydrogen-bond acceptors (Lipinski definition) is 5. The smallest absolute Gasteiger partial charge is 0.408 e. The Hall–Kier alpha value is -3.55. The summed E-state index contributed by atoms with van der Waals surface area (Å²) in [7, 11) is 0. The Balaban J connectivity index is 1.68. The Kier molecular flexibility index (Phi) is 9.38. The molecule has 40 heavy (non-hydrogen) atoms. The zero-order valence-corrected chi connectivity index (χ0v) is 24.1. The van der Waals surface area contributed by atoms with Gasteiger partial charge >= 0.3 is 6.09 Å². The van der Waals surface area contributed by atoms with E-state index in [0.717, 1.165) is 55.2 Å². The summed E-state index contributed by atoms with van der Waals surface area (Å²) in [5.41, 5.74) is 1.74. The number of rotatable bonds is 9. The second kappa shape index (κ2) is 12.7. The van der Waals surface area contributed by atoms with Crippen molar-refractivity contribution in [2.45, 2.75) is 109 Å². The van der Waals surface area contributed by atoms with Gasteiger partial charge in [-0.1, -0.05) is 55.7 Å². The van der Waals surface area contributed by atoms with Crippen LogP contribution in [0.25, 0.3) is 0 Å². The SMILES string of the molecule is Cc1ccccc1C(C(=O)NC1CCCCC1)N(C(=O)C(Cc1ccc(O)cc1)NC(=O)OC(C)(C)C)C1CC1. The molecule has 2 aliphatic carbocycles. The number of nitrogens with one attached hydrogen (secondary N) is 2. The van der Waals surface area contributed by atoms with Crippen LogP contribution >= 0.6 is 0 Å². The zero-order chi connectivity index (χ0) is 28.9. The largest absolute Gasteiger partial charge is 0.508 e. The topological polar surface area (TPSA) is 108 Å². The Bertz CT molecular complexity index is 1180. The molecule has 2 aromatic carbocycles. The molecule has 2 unspecified atom stereocenters. The minimum atomic E-state index is -0.964. The fraction of sp³-hybridized carbons (Fsp3) is 0.531. The Morgan fingerprint density at radius 1 is 0.975 bits per heavy atom. The van der Waals surface area contributed by atoms with Crippen LogP contribution in [0, 0.1) is 6.92 Å². The maximum absolute atomic E-state index is 14.4. The third kappa shape index (κ3) is 7.99. The van der Waals surface area contributed by atoms with E-state index in [2.05, 4.69) is 10.6 Å². The van der Waals surface area contributed by atoms with Gasteiger partial charge in [0.2, 0.25) is 11.8 Å². The minimum absolute atomic E-state index is 0.0941. The van der Waals surface area contributed by atoms with Gasteiger partial charge in [-0.3, -0.25) is 9.59 Å². The van der Waals surface area contributed by atoms with Gasteiger partial charge in [-0.25, -0.2) is 4.79 Å². The van der Waals surface area contributed by atoms with E-state index in [-0.39, 0.29) is 36.1 Å². The van der Waals surface area contributed by atoms with E-state index in [9.17, 15) is 19.5 Å². The monoisotopic (exact) mass is 549 g/mol. The van der Waals surface area contributed by atoms with E-state index >= 15 is 0 Å². The van der Waals surface area contributed by atoms with Crippen molar-refractivity contribution in [1.29, 1.82) is 0 Å². The van der Waals surface area contributed by atoms with Crippen molar-refractivity contribution < 1.29 is 24.2 Å². The van der Waals surface area contributed by atoms with Crippen molar-refractivity contribution in [3.8, 4) is 5.75 Å². The molecule has 0 heterocycles. The van der Waals surface area contributed by atoms with Gasteiger partial charge < -0.3 is 25.4 Å². The van der Waals surface area contributed by atoms with Gasteiger partial charge in [0.15, 0.2) is 0 Å². The van der Waals surface area contributed by atoms with Gasteiger partial charge in [0.05, 0.1) is 0 Å². The van der Waals surface area contributed by atoms with Crippen molar-refractivity contribution in [1.82, 2.24) is 15.5 Å². The van der Waals surface area contributed by atoms with Crippen LogP contribution in [0.15, 0.2) is 48.5 Å². The zero-order valence-electron chi connectivity index (χ0n) is 24.1. The number of nitrogens with zero attached hydrogens (tertiary/aromatic N) is 1. The van der Waals surface area contributed by atoms with Gasteiger partial charge in [-0.05, 0) is 82.2 Å². The van der Waals surface area contributed by atoms with Crippen LogP contribution in [-0.4, -0.2) is 51.6 Å². The number of ether oxygens (including phenoxy) is 1. The van der Waals surface area contributed by atoms with Gasteiger partial charge in [0.25, 0.3) is 0 Å². The van der Waals surface area contributed by atoms with Crippen molar-refractivity contribution >= 4 is 17.9 Å². The highest BCUT2D eigenvalue weighted by atomic mass is 16.6. The third-order valence-corrected chi connectivity index (χ3v) is 7.52. The van der Waals surface area contributed by atoms with Gasteiger partial charge in [0.1, 0.15) is 23.4 Å². The fourth-order valence-corrected chi connectivity index (χ4v) is 5.41. The molecule has 0 aromatic heterocycles. The predicted octanol–water partition coefficient (Wildman–Crippen LogP) is 5.32.